The minimum Gasteiger partial charge on any atom is -0.267 e. The highest BCUT2D eigenvalue weighted by molar-refractivity contribution is 5.79. The molecule has 0 bridgehead atoms. The van der Waals surface area contributed by atoms with Gasteiger partial charge in [0.15, 0.2) is 0 Å². The van der Waals surface area contributed by atoms with Crippen LogP contribution in [0.4, 0.5) is 0 Å². The molecule has 0 fully saturated rings. The quantitative estimate of drug-likeness (QED) is 0.514. The van der Waals surface area contributed by atoms with Crippen LogP contribution in [-0.2, 0) is 0 Å². The first-order chi connectivity index (χ1) is 4.27. The zero-order chi connectivity index (χ0) is 7.11. The average Bonchev–Trinajstić information content (AvgIpc) is 1.80. The lowest BCUT2D eigenvalue weighted by Crippen LogP contribution is -1.74. The zero-order valence-corrected chi connectivity index (χ0v) is 6.52. The highest BCUT2D eigenvalue weighted by Gasteiger charge is 1.71. The summed E-state index contributed by atoms with van der Waals surface area (Å²) in [6.07, 6.45) is 6.30. The van der Waals surface area contributed by atoms with Crippen LogP contribution < -0.4 is 0 Å². The van der Waals surface area contributed by atoms with Crippen molar-refractivity contribution in [2.45, 2.75) is 33.6 Å². The maximum atomic E-state index is 4.10. The van der Waals surface area contributed by atoms with Crippen LogP contribution in [0.3, 0.4) is 0 Å². The molecule has 0 spiro atoms. The molecule has 0 aromatic heterocycles. The summed E-state index contributed by atoms with van der Waals surface area (Å²) >= 11 is 0. The van der Waals surface area contributed by atoms with Crippen molar-refractivity contribution < 1.29 is 0 Å². The standard InChI is InChI=1S/C8H15N/c1-4-5-6-7-9-8(2)3/h6-7H,4-5H2,1-3H3/b7-6+. The maximum Gasteiger partial charge on any atom is 0.0226 e. The van der Waals surface area contributed by atoms with Crippen molar-refractivity contribution in [3.8, 4) is 0 Å². The van der Waals surface area contributed by atoms with E-state index in [1.165, 1.54) is 6.42 Å². The Morgan fingerprint density at radius 2 is 2.11 bits per heavy atom. The van der Waals surface area contributed by atoms with E-state index in [9.17, 15) is 0 Å². The molecule has 0 amide bonds. The summed E-state index contributed by atoms with van der Waals surface area (Å²) in [4.78, 5) is 4.10. The molecule has 0 saturated heterocycles. The Bertz CT molecular complexity index is 108. The fraction of sp³-hybridized carbons (Fsp3) is 0.625. The molecule has 0 N–H and O–H groups in total. The van der Waals surface area contributed by atoms with Gasteiger partial charge in [-0.2, -0.15) is 0 Å². The van der Waals surface area contributed by atoms with Crippen LogP contribution in [0.2, 0.25) is 0 Å². The van der Waals surface area contributed by atoms with Crippen molar-refractivity contribution in [3.05, 3.63) is 12.3 Å². The largest absolute Gasteiger partial charge is 0.267 e. The minimum absolute atomic E-state index is 1.11. The minimum atomic E-state index is 1.11. The third-order valence-corrected chi connectivity index (χ3v) is 0.893. The van der Waals surface area contributed by atoms with Gasteiger partial charge in [0.1, 0.15) is 0 Å². The lowest BCUT2D eigenvalue weighted by atomic mass is 10.3. The Balaban J connectivity index is 3.35. The second-order valence-corrected chi connectivity index (χ2v) is 2.25. The molecule has 0 aliphatic rings. The molecule has 0 atom stereocenters. The number of unbranched alkanes of at least 4 members (excludes halogenated alkanes) is 1. The van der Waals surface area contributed by atoms with E-state index in [4.69, 9.17) is 0 Å². The van der Waals surface area contributed by atoms with Gasteiger partial charge in [-0.1, -0.05) is 19.4 Å². The SMILES string of the molecule is CCC/C=C/N=C(C)C. The third kappa shape index (κ3) is 7.41. The van der Waals surface area contributed by atoms with Crippen molar-refractivity contribution in [2.75, 3.05) is 0 Å². The second kappa shape index (κ2) is 5.54. The Hall–Kier alpha value is -0.590. The Morgan fingerprint density at radius 3 is 2.56 bits per heavy atom. The predicted molar refractivity (Wildman–Crippen MR) is 42.8 cm³/mol. The van der Waals surface area contributed by atoms with Gasteiger partial charge in [-0.15, -0.1) is 0 Å². The van der Waals surface area contributed by atoms with E-state index in [-0.39, 0.29) is 0 Å². The molecule has 9 heavy (non-hydrogen) atoms. The van der Waals surface area contributed by atoms with Gasteiger partial charge in [0.05, 0.1) is 0 Å². The summed E-state index contributed by atoms with van der Waals surface area (Å²) < 4.78 is 0. The molecule has 0 unspecified atom stereocenters. The van der Waals surface area contributed by atoms with Crippen molar-refractivity contribution >= 4 is 5.71 Å². The number of hydrogen-bond acceptors (Lipinski definition) is 1. The molecule has 52 valence electrons. The van der Waals surface area contributed by atoms with Gasteiger partial charge in [0, 0.05) is 11.9 Å². The zero-order valence-electron chi connectivity index (χ0n) is 6.52. The number of nitrogens with zero attached hydrogens (tertiary/aromatic N) is 1. The Morgan fingerprint density at radius 1 is 1.44 bits per heavy atom. The van der Waals surface area contributed by atoms with E-state index < -0.39 is 0 Å². The van der Waals surface area contributed by atoms with Crippen molar-refractivity contribution in [2.24, 2.45) is 4.99 Å². The Labute approximate surface area is 57.5 Å². The van der Waals surface area contributed by atoms with Gasteiger partial charge in [-0.05, 0) is 20.3 Å². The number of rotatable bonds is 3. The number of hydrogen-bond donors (Lipinski definition) is 0. The summed E-state index contributed by atoms with van der Waals surface area (Å²) in [5.41, 5.74) is 1.11. The van der Waals surface area contributed by atoms with Crippen molar-refractivity contribution in [1.29, 1.82) is 0 Å². The highest BCUT2D eigenvalue weighted by Crippen LogP contribution is 1.88. The summed E-state index contributed by atoms with van der Waals surface area (Å²) in [6, 6.07) is 0. The van der Waals surface area contributed by atoms with Crippen LogP contribution in [0.15, 0.2) is 17.3 Å². The Kier molecular flexibility index (Phi) is 5.18. The normalized spacial score (nSPS) is 10.1. The van der Waals surface area contributed by atoms with E-state index in [1.807, 2.05) is 20.0 Å². The van der Waals surface area contributed by atoms with E-state index in [0.717, 1.165) is 12.1 Å². The van der Waals surface area contributed by atoms with Crippen LogP contribution in [0.25, 0.3) is 0 Å². The fourth-order valence-electron chi connectivity index (χ4n) is 0.443. The molecule has 0 saturated carbocycles. The lowest BCUT2D eigenvalue weighted by molar-refractivity contribution is 0.956. The van der Waals surface area contributed by atoms with Crippen LogP contribution in [-0.4, -0.2) is 5.71 Å². The summed E-state index contributed by atoms with van der Waals surface area (Å²) in [7, 11) is 0. The van der Waals surface area contributed by atoms with E-state index in [0.29, 0.717) is 0 Å². The molecule has 0 radical (unpaired) electrons. The molecule has 0 aromatic rings. The number of aliphatic imine (C=N–C) groups is 1. The first kappa shape index (κ1) is 8.41. The molecular weight excluding hydrogens is 110 g/mol. The fourth-order valence-corrected chi connectivity index (χ4v) is 0.443. The first-order valence-electron chi connectivity index (χ1n) is 3.43. The number of allylic oxidation sites excluding steroid dienone is 1. The molecule has 1 heteroatoms. The topological polar surface area (TPSA) is 12.4 Å². The van der Waals surface area contributed by atoms with Crippen LogP contribution in [0.5, 0.6) is 0 Å². The highest BCUT2D eigenvalue weighted by atomic mass is 14.7. The smallest absolute Gasteiger partial charge is 0.0226 e. The van der Waals surface area contributed by atoms with Gasteiger partial charge >= 0.3 is 0 Å². The van der Waals surface area contributed by atoms with E-state index >= 15 is 0 Å². The molecule has 0 aromatic carbocycles. The maximum absolute atomic E-state index is 4.10. The molecule has 1 nitrogen and oxygen atoms in total. The van der Waals surface area contributed by atoms with Crippen molar-refractivity contribution in [3.63, 3.8) is 0 Å². The monoisotopic (exact) mass is 125 g/mol. The predicted octanol–water partition coefficient (Wildman–Crippen LogP) is 2.78. The molecule has 0 heterocycles. The van der Waals surface area contributed by atoms with Crippen molar-refractivity contribution in [1.82, 2.24) is 0 Å². The lowest BCUT2D eigenvalue weighted by Gasteiger charge is -1.82. The van der Waals surface area contributed by atoms with Gasteiger partial charge in [0.25, 0.3) is 0 Å². The molecule has 0 rings (SSSR count). The average molecular weight is 125 g/mol. The van der Waals surface area contributed by atoms with E-state index in [2.05, 4.69) is 18.0 Å². The third-order valence-electron chi connectivity index (χ3n) is 0.893. The summed E-state index contributed by atoms with van der Waals surface area (Å²) in [6.45, 7) is 6.15. The van der Waals surface area contributed by atoms with E-state index in [1.54, 1.807) is 0 Å². The molecule has 0 aliphatic carbocycles. The molecule has 0 aliphatic heterocycles. The summed E-state index contributed by atoms with van der Waals surface area (Å²) in [5.74, 6) is 0. The first-order valence-corrected chi connectivity index (χ1v) is 3.43. The van der Waals surface area contributed by atoms with Crippen LogP contribution >= 0.6 is 0 Å². The second-order valence-electron chi connectivity index (χ2n) is 2.25. The van der Waals surface area contributed by atoms with Gasteiger partial charge in [0.2, 0.25) is 0 Å². The van der Waals surface area contributed by atoms with Gasteiger partial charge in [-0.25, -0.2) is 0 Å². The van der Waals surface area contributed by atoms with Gasteiger partial charge in [-0.3, -0.25) is 4.99 Å². The summed E-state index contributed by atoms with van der Waals surface area (Å²) in [5, 5.41) is 0. The van der Waals surface area contributed by atoms with Crippen LogP contribution in [0.1, 0.15) is 33.6 Å². The van der Waals surface area contributed by atoms with Crippen LogP contribution in [0, 0.1) is 0 Å². The van der Waals surface area contributed by atoms with Gasteiger partial charge < -0.3 is 0 Å². The molecular formula is C8H15N.